The Bertz CT molecular complexity index is 371. The van der Waals surface area contributed by atoms with Crippen LogP contribution in [-0.4, -0.2) is 38.5 Å². The van der Waals surface area contributed by atoms with Crippen molar-refractivity contribution in [2.24, 2.45) is 5.73 Å². The summed E-state index contributed by atoms with van der Waals surface area (Å²) >= 11 is 4.98. The van der Waals surface area contributed by atoms with Gasteiger partial charge in [0.15, 0.2) is 0 Å². The highest BCUT2D eigenvalue weighted by molar-refractivity contribution is 7.80. The van der Waals surface area contributed by atoms with Crippen LogP contribution in [0.3, 0.4) is 0 Å². The number of thiocarbonyl (C=S) groups is 1. The molecule has 2 N–H and O–H groups in total. The molecule has 0 amide bonds. The van der Waals surface area contributed by atoms with Gasteiger partial charge in [0.25, 0.3) is 0 Å². The van der Waals surface area contributed by atoms with Gasteiger partial charge in [-0.25, -0.2) is 0 Å². The van der Waals surface area contributed by atoms with Crippen LogP contribution in [0, 0.1) is 0 Å². The number of ether oxygens (including phenoxy) is 3. The van der Waals surface area contributed by atoms with Crippen molar-refractivity contribution in [3.8, 4) is 0 Å². The summed E-state index contributed by atoms with van der Waals surface area (Å²) in [4.78, 5) is 0.394. The van der Waals surface area contributed by atoms with E-state index in [0.717, 1.165) is 11.1 Å². The fraction of sp³-hybridized carbons (Fsp3) is 0.462. The zero-order chi connectivity index (χ0) is 13.2. The lowest BCUT2D eigenvalue weighted by atomic mass is 10.1. The summed E-state index contributed by atoms with van der Waals surface area (Å²) in [5.41, 5.74) is 7.51. The zero-order valence-electron chi connectivity index (χ0n) is 10.6. The average Bonchev–Trinajstić information content (AvgIpc) is 2.38. The zero-order valence-corrected chi connectivity index (χ0v) is 11.4. The van der Waals surface area contributed by atoms with E-state index in [1.54, 1.807) is 7.11 Å². The summed E-state index contributed by atoms with van der Waals surface area (Å²) in [6.45, 7) is 2.77. The topological polar surface area (TPSA) is 53.7 Å². The lowest BCUT2D eigenvalue weighted by molar-refractivity contribution is 0.0199. The molecule has 0 aliphatic carbocycles. The van der Waals surface area contributed by atoms with E-state index in [1.807, 2.05) is 24.3 Å². The largest absolute Gasteiger partial charge is 0.389 e. The van der Waals surface area contributed by atoms with Crippen molar-refractivity contribution in [3.05, 3.63) is 35.4 Å². The van der Waals surface area contributed by atoms with E-state index in [-0.39, 0.29) is 0 Å². The van der Waals surface area contributed by atoms with Crippen molar-refractivity contribution in [1.82, 2.24) is 0 Å². The predicted octanol–water partition coefficient (Wildman–Crippen LogP) is 1.50. The molecule has 1 aromatic rings. The van der Waals surface area contributed by atoms with Gasteiger partial charge in [-0.1, -0.05) is 36.5 Å². The maximum Gasteiger partial charge on any atom is 0.104 e. The first kappa shape index (κ1) is 15.0. The van der Waals surface area contributed by atoms with E-state index in [2.05, 4.69) is 0 Å². The highest BCUT2D eigenvalue weighted by Crippen LogP contribution is 2.09. The van der Waals surface area contributed by atoms with Gasteiger partial charge in [0.05, 0.1) is 33.0 Å². The van der Waals surface area contributed by atoms with Gasteiger partial charge in [-0.15, -0.1) is 0 Å². The normalized spacial score (nSPS) is 10.5. The number of methoxy groups -OCH3 is 1. The second-order valence-corrected chi connectivity index (χ2v) is 4.12. The van der Waals surface area contributed by atoms with Crippen molar-refractivity contribution in [2.45, 2.75) is 6.61 Å². The number of benzene rings is 1. The van der Waals surface area contributed by atoms with Crippen LogP contribution in [0.1, 0.15) is 11.1 Å². The van der Waals surface area contributed by atoms with Gasteiger partial charge >= 0.3 is 0 Å². The molecule has 0 heterocycles. The Morgan fingerprint density at radius 1 is 1.11 bits per heavy atom. The van der Waals surface area contributed by atoms with Crippen molar-refractivity contribution < 1.29 is 14.2 Å². The van der Waals surface area contributed by atoms with Crippen molar-refractivity contribution in [3.63, 3.8) is 0 Å². The second kappa shape index (κ2) is 8.99. The first-order chi connectivity index (χ1) is 8.75. The minimum absolute atomic E-state index is 0.394. The molecule has 0 fully saturated rings. The Kier molecular flexibility index (Phi) is 7.52. The van der Waals surface area contributed by atoms with Gasteiger partial charge in [0.2, 0.25) is 0 Å². The SMILES string of the molecule is COCCOCCOCc1ccccc1C(N)=S. The summed E-state index contributed by atoms with van der Waals surface area (Å²) in [7, 11) is 1.65. The van der Waals surface area contributed by atoms with Crippen molar-refractivity contribution in [2.75, 3.05) is 33.5 Å². The molecule has 1 aromatic carbocycles. The van der Waals surface area contributed by atoms with E-state index in [0.29, 0.717) is 38.0 Å². The third-order valence-corrected chi connectivity index (χ3v) is 2.56. The molecule has 0 spiro atoms. The van der Waals surface area contributed by atoms with Gasteiger partial charge < -0.3 is 19.9 Å². The monoisotopic (exact) mass is 269 g/mol. The van der Waals surface area contributed by atoms with Gasteiger partial charge in [-0.2, -0.15) is 0 Å². The molecule has 5 heteroatoms. The highest BCUT2D eigenvalue weighted by atomic mass is 32.1. The summed E-state index contributed by atoms with van der Waals surface area (Å²) in [6, 6.07) is 7.71. The fourth-order valence-corrected chi connectivity index (χ4v) is 1.63. The number of rotatable bonds is 9. The minimum Gasteiger partial charge on any atom is -0.389 e. The van der Waals surface area contributed by atoms with E-state index >= 15 is 0 Å². The number of hydrogen-bond acceptors (Lipinski definition) is 4. The van der Waals surface area contributed by atoms with Crippen molar-refractivity contribution in [1.29, 1.82) is 0 Å². The number of hydrogen-bond donors (Lipinski definition) is 1. The average molecular weight is 269 g/mol. The fourth-order valence-electron chi connectivity index (χ4n) is 1.43. The molecule has 18 heavy (non-hydrogen) atoms. The molecular formula is C13H19NO3S. The van der Waals surface area contributed by atoms with E-state index in [1.165, 1.54) is 0 Å². The Morgan fingerprint density at radius 3 is 2.50 bits per heavy atom. The molecule has 0 atom stereocenters. The number of nitrogens with two attached hydrogens (primary N) is 1. The first-order valence-corrected chi connectivity index (χ1v) is 6.18. The molecule has 0 bridgehead atoms. The molecule has 0 aromatic heterocycles. The summed E-state index contributed by atoms with van der Waals surface area (Å²) in [6.07, 6.45) is 0. The van der Waals surface area contributed by atoms with Gasteiger partial charge in [-0.3, -0.25) is 0 Å². The highest BCUT2D eigenvalue weighted by Gasteiger charge is 2.03. The van der Waals surface area contributed by atoms with Crippen LogP contribution in [0.5, 0.6) is 0 Å². The summed E-state index contributed by atoms with van der Waals surface area (Å²) in [5.74, 6) is 0. The van der Waals surface area contributed by atoms with E-state index in [9.17, 15) is 0 Å². The molecule has 1 rings (SSSR count). The van der Waals surface area contributed by atoms with Crippen LogP contribution in [0.4, 0.5) is 0 Å². The Labute approximate surface area is 113 Å². The van der Waals surface area contributed by atoms with Crippen LogP contribution in [0.15, 0.2) is 24.3 Å². The lowest BCUT2D eigenvalue weighted by Gasteiger charge is -2.09. The molecule has 0 radical (unpaired) electrons. The van der Waals surface area contributed by atoms with Crippen LogP contribution in [0.2, 0.25) is 0 Å². The molecule has 0 saturated carbocycles. The molecular weight excluding hydrogens is 250 g/mol. The van der Waals surface area contributed by atoms with Crippen LogP contribution in [0.25, 0.3) is 0 Å². The minimum atomic E-state index is 0.394. The van der Waals surface area contributed by atoms with Crippen LogP contribution >= 0.6 is 12.2 Å². The van der Waals surface area contributed by atoms with Gasteiger partial charge in [0.1, 0.15) is 4.99 Å². The summed E-state index contributed by atoms with van der Waals surface area (Å²) < 4.78 is 15.7. The second-order valence-electron chi connectivity index (χ2n) is 3.68. The Morgan fingerprint density at radius 2 is 1.78 bits per heavy atom. The smallest absolute Gasteiger partial charge is 0.104 e. The maximum absolute atomic E-state index is 5.64. The molecule has 0 aliphatic heterocycles. The molecule has 0 unspecified atom stereocenters. The quantitative estimate of drug-likeness (QED) is 0.544. The van der Waals surface area contributed by atoms with Crippen molar-refractivity contribution >= 4 is 17.2 Å². The van der Waals surface area contributed by atoms with E-state index in [4.69, 9.17) is 32.2 Å². The molecule has 0 saturated heterocycles. The predicted molar refractivity (Wildman–Crippen MR) is 74.7 cm³/mol. The third-order valence-electron chi connectivity index (χ3n) is 2.34. The third kappa shape index (κ3) is 5.55. The van der Waals surface area contributed by atoms with Gasteiger partial charge in [0, 0.05) is 12.7 Å². The molecule has 4 nitrogen and oxygen atoms in total. The lowest BCUT2D eigenvalue weighted by Crippen LogP contribution is -2.13. The van der Waals surface area contributed by atoms with Crippen LogP contribution < -0.4 is 5.73 Å². The molecule has 100 valence electrons. The standard InChI is InChI=1S/C13H19NO3S/c1-15-6-7-16-8-9-17-10-11-4-2-3-5-12(11)13(14)18/h2-5H,6-10H2,1H3,(H2,14,18). The van der Waals surface area contributed by atoms with Crippen LogP contribution in [-0.2, 0) is 20.8 Å². The Hall–Kier alpha value is -1.01. The van der Waals surface area contributed by atoms with Gasteiger partial charge in [-0.05, 0) is 5.56 Å². The molecule has 0 aliphatic rings. The summed E-state index contributed by atoms with van der Waals surface area (Å²) in [5, 5.41) is 0. The first-order valence-electron chi connectivity index (χ1n) is 5.78. The maximum atomic E-state index is 5.64. The Balaban J connectivity index is 2.25. The van der Waals surface area contributed by atoms with E-state index < -0.39 is 0 Å².